The van der Waals surface area contributed by atoms with E-state index in [0.29, 0.717) is 10.9 Å². The maximum Gasteiger partial charge on any atom is 0.242 e. The van der Waals surface area contributed by atoms with Gasteiger partial charge in [-0.05, 0) is 18.6 Å². The smallest absolute Gasteiger partial charge is 0.242 e. The molecular weight excluding hydrogens is 272 g/mol. The van der Waals surface area contributed by atoms with E-state index in [2.05, 4.69) is 15.4 Å². The summed E-state index contributed by atoms with van der Waals surface area (Å²) in [5.41, 5.74) is 4.05. The molecule has 0 saturated heterocycles. The number of aryl methyl sites for hydroxylation is 1. The molecule has 1 amide bonds. The first-order chi connectivity index (χ1) is 9.70. The number of hydrogen-bond donors (Lipinski definition) is 2. The third-order valence-electron chi connectivity index (χ3n) is 2.81. The van der Waals surface area contributed by atoms with Crippen LogP contribution in [0.25, 0.3) is 0 Å². The fourth-order valence-electron chi connectivity index (χ4n) is 1.76. The molecule has 0 spiro atoms. The predicted molar refractivity (Wildman–Crippen MR) is 79.0 cm³/mol. The fraction of sp³-hybridized carbons (Fsp3) is 0.214. The molecule has 2 rings (SSSR count). The van der Waals surface area contributed by atoms with E-state index in [1.54, 1.807) is 6.20 Å². The van der Waals surface area contributed by atoms with Crippen LogP contribution in [0.1, 0.15) is 17.2 Å². The van der Waals surface area contributed by atoms with Gasteiger partial charge in [-0.1, -0.05) is 42.1 Å². The van der Waals surface area contributed by atoms with Gasteiger partial charge in [-0.15, -0.1) is 0 Å². The molecule has 1 atom stereocenters. The number of carbonyl (C=O) groups is 1. The SMILES string of the molecule is Cc1ccnc(SCC(C(=O)NN)c2ccccc2)n1. The topological polar surface area (TPSA) is 80.9 Å². The normalized spacial score (nSPS) is 11.9. The molecular formula is C14H16N4OS. The Morgan fingerprint density at radius 2 is 2.10 bits per heavy atom. The molecule has 1 heterocycles. The van der Waals surface area contributed by atoms with E-state index in [-0.39, 0.29) is 11.8 Å². The Morgan fingerprint density at radius 1 is 1.35 bits per heavy atom. The van der Waals surface area contributed by atoms with Gasteiger partial charge in [0.25, 0.3) is 0 Å². The first kappa shape index (κ1) is 14.5. The van der Waals surface area contributed by atoms with Crippen LogP contribution < -0.4 is 11.3 Å². The summed E-state index contributed by atoms with van der Waals surface area (Å²) in [6.45, 7) is 1.91. The summed E-state index contributed by atoms with van der Waals surface area (Å²) >= 11 is 1.44. The van der Waals surface area contributed by atoms with Gasteiger partial charge >= 0.3 is 0 Å². The molecule has 1 aromatic carbocycles. The summed E-state index contributed by atoms with van der Waals surface area (Å²) in [6, 6.07) is 11.4. The minimum Gasteiger partial charge on any atom is -0.294 e. The van der Waals surface area contributed by atoms with Gasteiger partial charge in [0.05, 0.1) is 5.92 Å². The Morgan fingerprint density at radius 3 is 2.75 bits per heavy atom. The van der Waals surface area contributed by atoms with E-state index < -0.39 is 0 Å². The fourth-order valence-corrected chi connectivity index (χ4v) is 2.77. The quantitative estimate of drug-likeness (QED) is 0.287. The van der Waals surface area contributed by atoms with Crippen molar-refractivity contribution in [1.82, 2.24) is 15.4 Å². The van der Waals surface area contributed by atoms with Gasteiger partial charge in [-0.2, -0.15) is 0 Å². The molecule has 104 valence electrons. The van der Waals surface area contributed by atoms with Crippen molar-refractivity contribution in [3.63, 3.8) is 0 Å². The molecule has 0 radical (unpaired) electrons. The number of hydrazine groups is 1. The summed E-state index contributed by atoms with van der Waals surface area (Å²) in [5.74, 6) is 5.27. The highest BCUT2D eigenvalue weighted by atomic mass is 32.2. The van der Waals surface area contributed by atoms with Gasteiger partial charge in [0.15, 0.2) is 5.16 Å². The lowest BCUT2D eigenvalue weighted by Gasteiger charge is -2.14. The highest BCUT2D eigenvalue weighted by Gasteiger charge is 2.20. The largest absolute Gasteiger partial charge is 0.294 e. The maximum absolute atomic E-state index is 11.9. The summed E-state index contributed by atoms with van der Waals surface area (Å²) in [6.07, 6.45) is 1.71. The Hall–Kier alpha value is -1.92. The van der Waals surface area contributed by atoms with Crippen molar-refractivity contribution in [2.24, 2.45) is 5.84 Å². The molecule has 2 aromatic rings. The van der Waals surface area contributed by atoms with Crippen LogP contribution in [-0.2, 0) is 4.79 Å². The second-order valence-electron chi connectivity index (χ2n) is 4.26. The van der Waals surface area contributed by atoms with Gasteiger partial charge in [0.1, 0.15) is 0 Å². The van der Waals surface area contributed by atoms with Gasteiger partial charge in [0, 0.05) is 17.6 Å². The zero-order valence-corrected chi connectivity index (χ0v) is 11.9. The summed E-state index contributed by atoms with van der Waals surface area (Å²) in [5, 5.41) is 0.663. The second-order valence-corrected chi connectivity index (χ2v) is 5.25. The number of nitrogens with zero attached hydrogens (tertiary/aromatic N) is 2. The Kier molecular flexibility index (Phi) is 5.09. The first-order valence-electron chi connectivity index (χ1n) is 6.18. The van der Waals surface area contributed by atoms with Crippen molar-refractivity contribution >= 4 is 17.7 Å². The number of rotatable bonds is 5. The van der Waals surface area contributed by atoms with Crippen LogP contribution in [0.15, 0.2) is 47.8 Å². The van der Waals surface area contributed by atoms with E-state index in [0.717, 1.165) is 11.3 Å². The number of nitrogens with two attached hydrogens (primary N) is 1. The number of benzene rings is 1. The average Bonchev–Trinajstić information content (AvgIpc) is 2.48. The van der Waals surface area contributed by atoms with Crippen molar-refractivity contribution in [3.05, 3.63) is 53.9 Å². The summed E-state index contributed by atoms with van der Waals surface area (Å²) < 4.78 is 0. The minimum atomic E-state index is -0.324. The molecule has 0 saturated carbocycles. The number of hydrogen-bond acceptors (Lipinski definition) is 5. The van der Waals surface area contributed by atoms with Crippen LogP contribution in [-0.4, -0.2) is 21.6 Å². The molecule has 0 aliphatic carbocycles. The van der Waals surface area contributed by atoms with Crippen molar-refractivity contribution in [3.8, 4) is 0 Å². The molecule has 1 unspecified atom stereocenters. The molecule has 0 aliphatic heterocycles. The van der Waals surface area contributed by atoms with Crippen molar-refractivity contribution in [1.29, 1.82) is 0 Å². The number of nitrogens with one attached hydrogen (secondary N) is 1. The number of carbonyl (C=O) groups excluding carboxylic acids is 1. The average molecular weight is 288 g/mol. The predicted octanol–water partition coefficient (Wildman–Crippen LogP) is 1.65. The van der Waals surface area contributed by atoms with E-state index in [4.69, 9.17) is 5.84 Å². The molecule has 6 heteroatoms. The van der Waals surface area contributed by atoms with E-state index in [1.807, 2.05) is 43.3 Å². The van der Waals surface area contributed by atoms with E-state index in [1.165, 1.54) is 11.8 Å². The number of amides is 1. The zero-order chi connectivity index (χ0) is 14.4. The van der Waals surface area contributed by atoms with Crippen molar-refractivity contribution < 1.29 is 4.79 Å². The van der Waals surface area contributed by atoms with Crippen LogP contribution in [0, 0.1) is 6.92 Å². The molecule has 5 nitrogen and oxygen atoms in total. The van der Waals surface area contributed by atoms with Gasteiger partial charge in [0.2, 0.25) is 5.91 Å². The lowest BCUT2D eigenvalue weighted by molar-refractivity contribution is -0.122. The standard InChI is InChI=1S/C14H16N4OS/c1-10-7-8-16-14(17-10)20-9-12(13(19)18-15)11-5-3-2-4-6-11/h2-8,12H,9,15H2,1H3,(H,18,19). The molecule has 20 heavy (non-hydrogen) atoms. The Labute approximate surface area is 122 Å². The maximum atomic E-state index is 11.9. The van der Waals surface area contributed by atoms with E-state index in [9.17, 15) is 4.79 Å². The highest BCUT2D eigenvalue weighted by molar-refractivity contribution is 7.99. The zero-order valence-electron chi connectivity index (χ0n) is 11.1. The van der Waals surface area contributed by atoms with Crippen molar-refractivity contribution in [2.45, 2.75) is 18.0 Å². The Balaban J connectivity index is 2.11. The van der Waals surface area contributed by atoms with Crippen LogP contribution in [0.4, 0.5) is 0 Å². The number of aromatic nitrogens is 2. The van der Waals surface area contributed by atoms with Gasteiger partial charge < -0.3 is 0 Å². The van der Waals surface area contributed by atoms with E-state index >= 15 is 0 Å². The molecule has 0 aliphatic rings. The first-order valence-corrected chi connectivity index (χ1v) is 7.17. The molecule has 1 aromatic heterocycles. The van der Waals surface area contributed by atoms with Gasteiger partial charge in [-0.3, -0.25) is 10.2 Å². The van der Waals surface area contributed by atoms with Crippen LogP contribution in [0.2, 0.25) is 0 Å². The second kappa shape index (κ2) is 7.02. The highest BCUT2D eigenvalue weighted by Crippen LogP contribution is 2.24. The lowest BCUT2D eigenvalue weighted by Crippen LogP contribution is -2.35. The summed E-state index contributed by atoms with van der Waals surface area (Å²) in [7, 11) is 0. The monoisotopic (exact) mass is 288 g/mol. The van der Waals surface area contributed by atoms with Crippen LogP contribution >= 0.6 is 11.8 Å². The van der Waals surface area contributed by atoms with Crippen LogP contribution in [0.5, 0.6) is 0 Å². The molecule has 0 fully saturated rings. The number of thioether (sulfide) groups is 1. The lowest BCUT2D eigenvalue weighted by atomic mass is 10.0. The Bertz CT molecular complexity index is 576. The third kappa shape index (κ3) is 3.79. The van der Waals surface area contributed by atoms with Crippen LogP contribution in [0.3, 0.4) is 0 Å². The van der Waals surface area contributed by atoms with Crippen molar-refractivity contribution in [2.75, 3.05) is 5.75 Å². The van der Waals surface area contributed by atoms with Gasteiger partial charge in [-0.25, -0.2) is 15.8 Å². The molecule has 0 bridgehead atoms. The molecule has 3 N–H and O–H groups in total. The third-order valence-corrected chi connectivity index (χ3v) is 3.77. The summed E-state index contributed by atoms with van der Waals surface area (Å²) in [4.78, 5) is 20.4. The minimum absolute atomic E-state index is 0.212.